The van der Waals surface area contributed by atoms with Gasteiger partial charge in [-0.2, -0.15) is 0 Å². The highest BCUT2D eigenvalue weighted by Crippen LogP contribution is 2.27. The predicted octanol–water partition coefficient (Wildman–Crippen LogP) is 1.78. The maximum Gasteiger partial charge on any atom is 0.234 e. The van der Waals surface area contributed by atoms with Crippen LogP contribution >= 0.6 is 12.4 Å². The summed E-state index contributed by atoms with van der Waals surface area (Å²) < 4.78 is 0. The van der Waals surface area contributed by atoms with Crippen molar-refractivity contribution in [3.05, 3.63) is 35.4 Å². The van der Waals surface area contributed by atoms with Crippen molar-refractivity contribution in [3.63, 3.8) is 0 Å². The Morgan fingerprint density at radius 2 is 2.00 bits per heavy atom. The second kappa shape index (κ2) is 8.25. The van der Waals surface area contributed by atoms with Crippen molar-refractivity contribution >= 4 is 18.3 Å². The summed E-state index contributed by atoms with van der Waals surface area (Å²) in [6.45, 7) is 3.62. The lowest BCUT2D eigenvalue weighted by molar-refractivity contribution is -0.120. The fraction of sp³-hybridized carbons (Fsp3) is 0.533. The van der Waals surface area contributed by atoms with Crippen LogP contribution < -0.4 is 10.6 Å². The van der Waals surface area contributed by atoms with Gasteiger partial charge in [-0.15, -0.1) is 12.4 Å². The quantitative estimate of drug-likeness (QED) is 0.719. The van der Waals surface area contributed by atoms with Gasteiger partial charge in [0.2, 0.25) is 5.91 Å². The van der Waals surface area contributed by atoms with Crippen molar-refractivity contribution in [2.24, 2.45) is 5.92 Å². The van der Waals surface area contributed by atoms with Gasteiger partial charge in [0.25, 0.3) is 0 Å². The molecule has 1 aliphatic carbocycles. The Kier molecular flexibility index (Phi) is 6.99. The van der Waals surface area contributed by atoms with Gasteiger partial charge < -0.3 is 15.7 Å². The predicted molar refractivity (Wildman–Crippen MR) is 81.8 cm³/mol. The molecule has 20 heavy (non-hydrogen) atoms. The molecule has 1 saturated carbocycles. The smallest absolute Gasteiger partial charge is 0.234 e. The first-order chi connectivity index (χ1) is 9.15. The van der Waals surface area contributed by atoms with Gasteiger partial charge in [-0.3, -0.25) is 4.79 Å². The molecule has 0 bridgehead atoms. The summed E-state index contributed by atoms with van der Waals surface area (Å²) >= 11 is 0. The zero-order valence-electron chi connectivity index (χ0n) is 11.8. The lowest BCUT2D eigenvalue weighted by atomic mass is 10.1. The molecule has 1 atom stereocenters. The van der Waals surface area contributed by atoms with E-state index in [9.17, 15) is 9.90 Å². The lowest BCUT2D eigenvalue weighted by Gasteiger charge is -2.08. The number of aliphatic hydroxyl groups excluding tert-OH is 1. The summed E-state index contributed by atoms with van der Waals surface area (Å²) in [5, 5.41) is 15.4. The number of amides is 1. The van der Waals surface area contributed by atoms with Crippen molar-refractivity contribution in [1.29, 1.82) is 0 Å². The summed E-state index contributed by atoms with van der Waals surface area (Å²) in [7, 11) is 0. The van der Waals surface area contributed by atoms with E-state index in [0.717, 1.165) is 23.6 Å². The third-order valence-corrected chi connectivity index (χ3v) is 3.37. The van der Waals surface area contributed by atoms with E-state index in [1.807, 2.05) is 24.3 Å². The van der Waals surface area contributed by atoms with Crippen LogP contribution in [0.2, 0.25) is 0 Å². The molecule has 0 heterocycles. The summed E-state index contributed by atoms with van der Waals surface area (Å²) in [6, 6.07) is 7.63. The van der Waals surface area contributed by atoms with E-state index in [1.54, 1.807) is 6.92 Å². The van der Waals surface area contributed by atoms with Gasteiger partial charge in [0, 0.05) is 6.54 Å². The van der Waals surface area contributed by atoms with Gasteiger partial charge in [-0.25, -0.2) is 0 Å². The maximum atomic E-state index is 11.6. The van der Waals surface area contributed by atoms with Gasteiger partial charge in [-0.05, 0) is 43.4 Å². The lowest BCUT2D eigenvalue weighted by Crippen LogP contribution is -2.34. The van der Waals surface area contributed by atoms with E-state index in [2.05, 4.69) is 10.6 Å². The number of rotatable bonds is 7. The SMILES string of the molecule is CC(O)c1ccc(CNC(=O)CNCC2CC2)cc1.Cl. The molecule has 4 nitrogen and oxygen atoms in total. The van der Waals surface area contributed by atoms with Crippen molar-refractivity contribution < 1.29 is 9.90 Å². The number of nitrogens with one attached hydrogen (secondary N) is 2. The van der Waals surface area contributed by atoms with Gasteiger partial charge in [0.1, 0.15) is 0 Å². The third-order valence-electron chi connectivity index (χ3n) is 3.37. The van der Waals surface area contributed by atoms with Gasteiger partial charge in [-0.1, -0.05) is 24.3 Å². The van der Waals surface area contributed by atoms with Crippen molar-refractivity contribution in [3.8, 4) is 0 Å². The molecule has 1 aliphatic rings. The van der Waals surface area contributed by atoms with Crippen LogP contribution in [0.15, 0.2) is 24.3 Å². The fourth-order valence-electron chi connectivity index (χ4n) is 1.89. The number of aliphatic hydroxyl groups is 1. The molecule has 0 radical (unpaired) electrons. The minimum atomic E-state index is -0.449. The van der Waals surface area contributed by atoms with Crippen LogP contribution in [-0.2, 0) is 11.3 Å². The standard InChI is InChI=1S/C15H22N2O2.ClH/c1-11(18)14-6-4-13(5-7-14)9-17-15(19)10-16-8-12-2-3-12;/h4-7,11-12,16,18H,2-3,8-10H2,1H3,(H,17,19);1H. The van der Waals surface area contributed by atoms with E-state index in [4.69, 9.17) is 0 Å². The highest BCUT2D eigenvalue weighted by Gasteiger charge is 2.20. The highest BCUT2D eigenvalue weighted by atomic mass is 35.5. The molecule has 0 aliphatic heterocycles. The number of benzene rings is 1. The van der Waals surface area contributed by atoms with Gasteiger partial charge in [0.05, 0.1) is 12.6 Å². The van der Waals surface area contributed by atoms with E-state index in [-0.39, 0.29) is 18.3 Å². The monoisotopic (exact) mass is 298 g/mol. The largest absolute Gasteiger partial charge is 0.389 e. The number of halogens is 1. The molecular formula is C15H23ClN2O2. The summed E-state index contributed by atoms with van der Waals surface area (Å²) in [5.41, 5.74) is 1.93. The topological polar surface area (TPSA) is 61.4 Å². The van der Waals surface area contributed by atoms with Gasteiger partial charge in [0.15, 0.2) is 0 Å². The molecule has 1 aromatic rings. The minimum Gasteiger partial charge on any atom is -0.389 e. The second-order valence-electron chi connectivity index (χ2n) is 5.27. The maximum absolute atomic E-state index is 11.6. The molecule has 2 rings (SSSR count). The average Bonchev–Trinajstić information content (AvgIpc) is 3.21. The third kappa shape index (κ3) is 5.90. The summed E-state index contributed by atoms with van der Waals surface area (Å²) in [5.74, 6) is 0.820. The van der Waals surface area contributed by atoms with Crippen LogP contribution in [0.4, 0.5) is 0 Å². The van der Waals surface area contributed by atoms with E-state index >= 15 is 0 Å². The molecule has 0 saturated heterocycles. The van der Waals surface area contributed by atoms with Crippen LogP contribution in [0.5, 0.6) is 0 Å². The molecule has 0 spiro atoms. The molecule has 5 heteroatoms. The van der Waals surface area contributed by atoms with Crippen LogP contribution in [-0.4, -0.2) is 24.1 Å². The molecule has 1 unspecified atom stereocenters. The van der Waals surface area contributed by atoms with E-state index in [1.165, 1.54) is 12.8 Å². The molecule has 1 aromatic carbocycles. The van der Waals surface area contributed by atoms with E-state index in [0.29, 0.717) is 13.1 Å². The number of hydrogen-bond donors (Lipinski definition) is 3. The second-order valence-corrected chi connectivity index (χ2v) is 5.27. The first-order valence-electron chi connectivity index (χ1n) is 6.89. The Morgan fingerprint density at radius 1 is 1.35 bits per heavy atom. The molecule has 3 N–H and O–H groups in total. The van der Waals surface area contributed by atoms with Crippen LogP contribution in [0.3, 0.4) is 0 Å². The Balaban J connectivity index is 0.00000200. The first kappa shape index (κ1) is 17.0. The summed E-state index contributed by atoms with van der Waals surface area (Å²) in [6.07, 6.45) is 2.14. The molecule has 112 valence electrons. The molecule has 0 aromatic heterocycles. The molecule has 1 fully saturated rings. The Hall–Kier alpha value is -1.10. The normalized spacial score (nSPS) is 15.3. The summed E-state index contributed by atoms with van der Waals surface area (Å²) in [4.78, 5) is 11.6. The zero-order valence-corrected chi connectivity index (χ0v) is 12.6. The van der Waals surface area contributed by atoms with Crippen molar-refractivity contribution in [2.75, 3.05) is 13.1 Å². The van der Waals surface area contributed by atoms with E-state index < -0.39 is 6.10 Å². The Morgan fingerprint density at radius 3 is 2.55 bits per heavy atom. The highest BCUT2D eigenvalue weighted by molar-refractivity contribution is 5.85. The average molecular weight is 299 g/mol. The zero-order chi connectivity index (χ0) is 13.7. The van der Waals surface area contributed by atoms with Crippen LogP contribution in [0.25, 0.3) is 0 Å². The number of hydrogen-bond acceptors (Lipinski definition) is 3. The van der Waals surface area contributed by atoms with Crippen LogP contribution in [0, 0.1) is 5.92 Å². The molecule has 1 amide bonds. The Bertz CT molecular complexity index is 416. The van der Waals surface area contributed by atoms with Crippen LogP contribution in [0.1, 0.15) is 37.0 Å². The molecular weight excluding hydrogens is 276 g/mol. The Labute approximate surface area is 126 Å². The van der Waals surface area contributed by atoms with Gasteiger partial charge >= 0.3 is 0 Å². The first-order valence-corrected chi connectivity index (χ1v) is 6.89. The fourth-order valence-corrected chi connectivity index (χ4v) is 1.89. The number of carbonyl (C=O) groups excluding carboxylic acids is 1. The number of carbonyl (C=O) groups is 1. The van der Waals surface area contributed by atoms with Crippen molar-refractivity contribution in [2.45, 2.75) is 32.4 Å². The minimum absolute atomic E-state index is 0. The van der Waals surface area contributed by atoms with Crippen molar-refractivity contribution in [1.82, 2.24) is 10.6 Å².